The zero-order valence-electron chi connectivity index (χ0n) is 8.86. The summed E-state index contributed by atoms with van der Waals surface area (Å²) in [6.45, 7) is 2.71. The largest absolute Gasteiger partial charge is 0.369 e. The van der Waals surface area contributed by atoms with Crippen LogP contribution in [0.15, 0.2) is 22.6 Å². The number of aromatic nitrogens is 3. The third kappa shape index (κ3) is 2.90. The number of H-pyrrole nitrogens is 1. The molecule has 0 fully saturated rings. The van der Waals surface area contributed by atoms with Crippen molar-refractivity contribution >= 4 is 17.2 Å². The lowest BCUT2D eigenvalue weighted by Crippen LogP contribution is -2.11. The molecule has 0 aliphatic carbocycles. The SMILES string of the molecule is Cc1nc(CCNc2cc(=O)[nH]cn2)cs1. The van der Waals surface area contributed by atoms with Gasteiger partial charge in [-0.2, -0.15) is 0 Å². The summed E-state index contributed by atoms with van der Waals surface area (Å²) < 4.78 is 0. The normalized spacial score (nSPS) is 10.3. The van der Waals surface area contributed by atoms with Crippen molar-refractivity contribution in [1.29, 1.82) is 0 Å². The number of hydrogen-bond donors (Lipinski definition) is 2. The lowest BCUT2D eigenvalue weighted by molar-refractivity contribution is 0.954. The zero-order valence-corrected chi connectivity index (χ0v) is 9.67. The van der Waals surface area contributed by atoms with Gasteiger partial charge >= 0.3 is 0 Å². The molecule has 2 heterocycles. The van der Waals surface area contributed by atoms with Gasteiger partial charge in [-0.15, -0.1) is 11.3 Å². The molecule has 0 aliphatic heterocycles. The standard InChI is InChI=1S/C10H12N4OS/c1-7-14-8(5-16-7)2-3-11-9-4-10(15)13-6-12-9/h4-6H,2-3H2,1H3,(H2,11,12,13,15). The van der Waals surface area contributed by atoms with Crippen LogP contribution in [0.1, 0.15) is 10.7 Å². The van der Waals surface area contributed by atoms with Crippen molar-refractivity contribution < 1.29 is 0 Å². The molecule has 5 nitrogen and oxygen atoms in total. The molecule has 2 aromatic heterocycles. The fourth-order valence-corrected chi connectivity index (χ4v) is 1.95. The number of nitrogens with one attached hydrogen (secondary N) is 2. The Balaban J connectivity index is 1.86. The van der Waals surface area contributed by atoms with E-state index < -0.39 is 0 Å². The van der Waals surface area contributed by atoms with E-state index in [1.807, 2.05) is 12.3 Å². The minimum absolute atomic E-state index is 0.151. The van der Waals surface area contributed by atoms with Crippen molar-refractivity contribution in [3.05, 3.63) is 38.8 Å². The summed E-state index contributed by atoms with van der Waals surface area (Å²) in [5, 5.41) is 6.19. The Morgan fingerprint density at radius 3 is 3.12 bits per heavy atom. The van der Waals surface area contributed by atoms with Gasteiger partial charge in [-0.1, -0.05) is 0 Å². The van der Waals surface area contributed by atoms with Gasteiger partial charge in [0, 0.05) is 24.4 Å². The number of nitrogens with zero attached hydrogens (tertiary/aromatic N) is 2. The second-order valence-electron chi connectivity index (χ2n) is 3.33. The monoisotopic (exact) mass is 236 g/mol. The van der Waals surface area contributed by atoms with Gasteiger partial charge in [0.25, 0.3) is 5.56 Å². The van der Waals surface area contributed by atoms with Crippen LogP contribution in [0.5, 0.6) is 0 Å². The highest BCUT2D eigenvalue weighted by molar-refractivity contribution is 7.09. The fourth-order valence-electron chi connectivity index (χ4n) is 1.31. The van der Waals surface area contributed by atoms with E-state index in [4.69, 9.17) is 0 Å². The Kier molecular flexibility index (Phi) is 3.31. The van der Waals surface area contributed by atoms with Crippen LogP contribution in [-0.2, 0) is 6.42 Å². The molecular formula is C10H12N4OS. The predicted octanol–water partition coefficient (Wildman–Crippen LogP) is 1.19. The van der Waals surface area contributed by atoms with Crippen LogP contribution in [0, 0.1) is 6.92 Å². The minimum Gasteiger partial charge on any atom is -0.369 e. The first-order valence-corrected chi connectivity index (χ1v) is 5.81. The molecule has 16 heavy (non-hydrogen) atoms. The van der Waals surface area contributed by atoms with Crippen molar-refractivity contribution in [2.75, 3.05) is 11.9 Å². The number of thiazole rings is 1. The smallest absolute Gasteiger partial charge is 0.252 e. The summed E-state index contributed by atoms with van der Waals surface area (Å²) in [5.74, 6) is 0.593. The van der Waals surface area contributed by atoms with Crippen molar-refractivity contribution in [3.8, 4) is 0 Å². The lowest BCUT2D eigenvalue weighted by atomic mass is 10.3. The highest BCUT2D eigenvalue weighted by atomic mass is 32.1. The highest BCUT2D eigenvalue weighted by Crippen LogP contribution is 2.08. The summed E-state index contributed by atoms with van der Waals surface area (Å²) in [7, 11) is 0. The number of rotatable bonds is 4. The van der Waals surface area contributed by atoms with E-state index >= 15 is 0 Å². The van der Waals surface area contributed by atoms with Gasteiger partial charge in [-0.25, -0.2) is 9.97 Å². The summed E-state index contributed by atoms with van der Waals surface area (Å²) in [6, 6.07) is 1.44. The first kappa shape index (κ1) is 10.8. The summed E-state index contributed by atoms with van der Waals surface area (Å²) in [5.41, 5.74) is 0.918. The molecule has 2 N–H and O–H groups in total. The fraction of sp³-hybridized carbons (Fsp3) is 0.300. The number of hydrogen-bond acceptors (Lipinski definition) is 5. The van der Waals surface area contributed by atoms with Crippen molar-refractivity contribution in [2.24, 2.45) is 0 Å². The van der Waals surface area contributed by atoms with E-state index in [0.29, 0.717) is 5.82 Å². The molecule has 2 rings (SSSR count). The molecular weight excluding hydrogens is 224 g/mol. The highest BCUT2D eigenvalue weighted by Gasteiger charge is 1.98. The quantitative estimate of drug-likeness (QED) is 0.836. The van der Waals surface area contributed by atoms with Gasteiger partial charge < -0.3 is 10.3 Å². The van der Waals surface area contributed by atoms with Crippen LogP contribution < -0.4 is 10.9 Å². The molecule has 0 saturated carbocycles. The molecule has 0 spiro atoms. The van der Waals surface area contributed by atoms with Crippen molar-refractivity contribution in [2.45, 2.75) is 13.3 Å². The number of anilines is 1. The molecule has 2 aromatic rings. The third-order valence-electron chi connectivity index (χ3n) is 2.03. The molecule has 0 bridgehead atoms. The van der Waals surface area contributed by atoms with Gasteiger partial charge in [-0.05, 0) is 6.92 Å². The molecule has 6 heteroatoms. The Morgan fingerprint density at radius 2 is 2.44 bits per heavy atom. The molecule has 0 atom stereocenters. The van der Waals surface area contributed by atoms with E-state index in [1.54, 1.807) is 11.3 Å². The van der Waals surface area contributed by atoms with Crippen LogP contribution in [0.25, 0.3) is 0 Å². The molecule has 0 amide bonds. The Hall–Kier alpha value is -1.69. The topological polar surface area (TPSA) is 70.7 Å². The Labute approximate surface area is 96.6 Å². The van der Waals surface area contributed by atoms with E-state index in [0.717, 1.165) is 23.7 Å². The van der Waals surface area contributed by atoms with Gasteiger partial charge in [-0.3, -0.25) is 4.79 Å². The van der Waals surface area contributed by atoms with Gasteiger partial charge in [0.05, 0.1) is 17.0 Å². The Morgan fingerprint density at radius 1 is 1.56 bits per heavy atom. The van der Waals surface area contributed by atoms with E-state index in [-0.39, 0.29) is 5.56 Å². The number of aromatic amines is 1. The Bertz CT molecular complexity index is 519. The summed E-state index contributed by atoms with van der Waals surface area (Å²) in [6.07, 6.45) is 2.22. The van der Waals surface area contributed by atoms with Gasteiger partial charge in [0.2, 0.25) is 0 Å². The first-order chi connectivity index (χ1) is 7.74. The van der Waals surface area contributed by atoms with Crippen molar-refractivity contribution in [1.82, 2.24) is 15.0 Å². The van der Waals surface area contributed by atoms with Crippen molar-refractivity contribution in [3.63, 3.8) is 0 Å². The summed E-state index contributed by atoms with van der Waals surface area (Å²) >= 11 is 1.64. The predicted molar refractivity (Wildman–Crippen MR) is 63.9 cm³/mol. The van der Waals surface area contributed by atoms with Crippen LogP contribution in [-0.4, -0.2) is 21.5 Å². The zero-order chi connectivity index (χ0) is 11.4. The molecule has 84 valence electrons. The van der Waals surface area contributed by atoms with Crippen LogP contribution in [0.3, 0.4) is 0 Å². The van der Waals surface area contributed by atoms with Crippen LogP contribution >= 0.6 is 11.3 Å². The van der Waals surface area contributed by atoms with Gasteiger partial charge in [0.15, 0.2) is 0 Å². The van der Waals surface area contributed by atoms with Crippen LogP contribution in [0.4, 0.5) is 5.82 Å². The van der Waals surface area contributed by atoms with E-state index in [1.165, 1.54) is 12.4 Å². The molecule has 0 aromatic carbocycles. The second-order valence-corrected chi connectivity index (χ2v) is 4.39. The molecule has 0 radical (unpaired) electrons. The third-order valence-corrected chi connectivity index (χ3v) is 2.85. The maximum Gasteiger partial charge on any atom is 0.252 e. The van der Waals surface area contributed by atoms with E-state index in [2.05, 4.69) is 20.3 Å². The van der Waals surface area contributed by atoms with Crippen LogP contribution in [0.2, 0.25) is 0 Å². The van der Waals surface area contributed by atoms with Gasteiger partial charge in [0.1, 0.15) is 5.82 Å². The average molecular weight is 236 g/mol. The minimum atomic E-state index is -0.151. The van der Waals surface area contributed by atoms with E-state index in [9.17, 15) is 4.79 Å². The first-order valence-electron chi connectivity index (χ1n) is 4.93. The molecule has 0 aliphatic rings. The molecule has 0 saturated heterocycles. The number of aryl methyl sites for hydroxylation is 1. The maximum absolute atomic E-state index is 11.0. The summed E-state index contributed by atoms with van der Waals surface area (Å²) in [4.78, 5) is 21.8. The molecule has 0 unspecified atom stereocenters. The second kappa shape index (κ2) is 4.89. The lowest BCUT2D eigenvalue weighted by Gasteiger charge is -2.02. The average Bonchev–Trinajstić information content (AvgIpc) is 2.64. The maximum atomic E-state index is 11.0.